The molecule has 4 heteroatoms. The van der Waals surface area contributed by atoms with E-state index in [0.717, 1.165) is 11.7 Å². The molecule has 0 aromatic heterocycles. The molecule has 4 nitrogen and oxygen atoms in total. The van der Waals surface area contributed by atoms with Crippen LogP contribution in [0.15, 0.2) is 36.4 Å². The number of benzene rings is 1. The monoisotopic (exact) mass is 416 g/mol. The van der Waals surface area contributed by atoms with Crippen LogP contribution in [0, 0.1) is 11.8 Å². The lowest BCUT2D eigenvalue weighted by molar-refractivity contribution is -0.141. The van der Waals surface area contributed by atoms with Crippen LogP contribution in [-0.2, 0) is 14.3 Å². The van der Waals surface area contributed by atoms with Gasteiger partial charge in [0.15, 0.2) is 0 Å². The normalized spacial score (nSPS) is 19.8. The maximum atomic E-state index is 11.6. The van der Waals surface area contributed by atoms with Crippen LogP contribution in [0.25, 0.3) is 0 Å². The Kier molecular flexibility index (Phi) is 11.0. The van der Waals surface area contributed by atoms with Crippen molar-refractivity contribution in [2.45, 2.75) is 71.1 Å². The van der Waals surface area contributed by atoms with E-state index < -0.39 is 0 Å². The van der Waals surface area contributed by atoms with E-state index in [1.165, 1.54) is 56.9 Å². The first-order valence-corrected chi connectivity index (χ1v) is 11.6. The quantitative estimate of drug-likeness (QED) is 0.215. The Morgan fingerprint density at radius 2 is 1.77 bits per heavy atom. The summed E-state index contributed by atoms with van der Waals surface area (Å²) >= 11 is 0. The molecular weight excluding hydrogens is 376 g/mol. The Bertz CT molecular complexity index is 629. The molecule has 0 amide bonds. The molecule has 0 bridgehead atoms. The molecule has 0 aliphatic heterocycles. The highest BCUT2D eigenvalue weighted by Crippen LogP contribution is 2.38. The molecule has 1 saturated carbocycles. The van der Waals surface area contributed by atoms with Gasteiger partial charge < -0.3 is 14.2 Å². The number of unbranched alkanes of at least 4 members (excludes halogenated alkanes) is 2. The summed E-state index contributed by atoms with van der Waals surface area (Å²) in [5.74, 6) is 2.08. The number of hydrogen-bond donors (Lipinski definition) is 0. The minimum absolute atomic E-state index is 0.0130. The first-order chi connectivity index (χ1) is 14.5. The Labute approximate surface area is 183 Å². The Balaban J connectivity index is 1.76. The van der Waals surface area contributed by atoms with Crippen molar-refractivity contribution in [2.24, 2.45) is 11.8 Å². The smallest absolute Gasteiger partial charge is 0.333 e. The molecule has 1 atom stereocenters. The van der Waals surface area contributed by atoms with Gasteiger partial charge in [-0.15, -0.1) is 0 Å². The third-order valence-corrected chi connectivity index (χ3v) is 6.10. The SMILES string of the molecule is C=C(C)C(=O)OCC(COC)COc1ccc(C2CCC(CCCCC)CC2)cc1. The molecule has 1 aromatic carbocycles. The van der Waals surface area contributed by atoms with Gasteiger partial charge in [-0.05, 0) is 62.1 Å². The second kappa shape index (κ2) is 13.5. The van der Waals surface area contributed by atoms with Crippen LogP contribution in [0.1, 0.15) is 76.7 Å². The predicted molar refractivity (Wildman–Crippen MR) is 122 cm³/mol. The maximum absolute atomic E-state index is 11.6. The Hall–Kier alpha value is -1.81. The molecule has 168 valence electrons. The summed E-state index contributed by atoms with van der Waals surface area (Å²) in [6.45, 7) is 8.71. The fourth-order valence-electron chi connectivity index (χ4n) is 4.21. The number of rotatable bonds is 13. The molecule has 0 radical (unpaired) electrons. The van der Waals surface area contributed by atoms with Gasteiger partial charge in [0, 0.05) is 12.7 Å². The zero-order valence-electron chi connectivity index (χ0n) is 19.2. The average molecular weight is 417 g/mol. The van der Waals surface area contributed by atoms with Crippen LogP contribution in [-0.4, -0.2) is 32.9 Å². The van der Waals surface area contributed by atoms with E-state index in [-0.39, 0.29) is 18.5 Å². The molecular formula is C26H40O4. The summed E-state index contributed by atoms with van der Waals surface area (Å²) in [7, 11) is 1.64. The summed E-state index contributed by atoms with van der Waals surface area (Å²) < 4.78 is 16.4. The van der Waals surface area contributed by atoms with Crippen molar-refractivity contribution in [3.8, 4) is 5.75 Å². The molecule has 0 heterocycles. The number of hydrogen-bond acceptors (Lipinski definition) is 4. The molecule has 1 aliphatic carbocycles. The van der Waals surface area contributed by atoms with Crippen molar-refractivity contribution < 1.29 is 19.0 Å². The lowest BCUT2D eigenvalue weighted by Crippen LogP contribution is -2.24. The molecule has 0 saturated heterocycles. The van der Waals surface area contributed by atoms with Crippen LogP contribution < -0.4 is 4.74 Å². The van der Waals surface area contributed by atoms with Crippen LogP contribution in [0.5, 0.6) is 5.75 Å². The molecule has 2 rings (SSSR count). The highest BCUT2D eigenvalue weighted by molar-refractivity contribution is 5.86. The number of esters is 1. The fourth-order valence-corrected chi connectivity index (χ4v) is 4.21. The minimum Gasteiger partial charge on any atom is -0.493 e. The van der Waals surface area contributed by atoms with E-state index in [2.05, 4.69) is 37.8 Å². The van der Waals surface area contributed by atoms with Gasteiger partial charge in [0.25, 0.3) is 0 Å². The largest absolute Gasteiger partial charge is 0.493 e. The standard InChI is InChI=1S/C26H40O4/c1-5-6-7-8-21-9-11-23(12-10-21)24-13-15-25(16-14-24)29-18-22(17-28-4)19-30-26(27)20(2)3/h13-16,21-23H,2,5-12,17-19H2,1,3-4H3. The number of methoxy groups -OCH3 is 1. The molecule has 1 unspecified atom stereocenters. The van der Waals surface area contributed by atoms with E-state index in [9.17, 15) is 4.79 Å². The third kappa shape index (κ3) is 8.51. The van der Waals surface area contributed by atoms with Crippen LogP contribution in [0.3, 0.4) is 0 Å². The number of ether oxygens (including phenoxy) is 3. The van der Waals surface area contributed by atoms with Crippen molar-refractivity contribution in [1.82, 2.24) is 0 Å². The second-order valence-electron chi connectivity index (χ2n) is 8.79. The first-order valence-electron chi connectivity index (χ1n) is 11.6. The highest BCUT2D eigenvalue weighted by atomic mass is 16.5. The van der Waals surface area contributed by atoms with E-state index in [1.807, 2.05) is 0 Å². The van der Waals surface area contributed by atoms with Crippen molar-refractivity contribution in [1.29, 1.82) is 0 Å². The van der Waals surface area contributed by atoms with Crippen molar-refractivity contribution in [2.75, 3.05) is 26.9 Å². The number of carbonyl (C=O) groups is 1. The molecule has 30 heavy (non-hydrogen) atoms. The first kappa shape index (κ1) is 24.5. The zero-order chi connectivity index (χ0) is 21.8. The minimum atomic E-state index is -0.374. The molecule has 0 N–H and O–H groups in total. The van der Waals surface area contributed by atoms with E-state index in [4.69, 9.17) is 14.2 Å². The van der Waals surface area contributed by atoms with Crippen molar-refractivity contribution in [3.05, 3.63) is 42.0 Å². The zero-order valence-corrected chi connectivity index (χ0v) is 19.2. The van der Waals surface area contributed by atoms with Gasteiger partial charge in [-0.1, -0.05) is 51.3 Å². The maximum Gasteiger partial charge on any atom is 0.333 e. The summed E-state index contributed by atoms with van der Waals surface area (Å²) in [4.78, 5) is 11.6. The van der Waals surface area contributed by atoms with E-state index in [0.29, 0.717) is 24.7 Å². The van der Waals surface area contributed by atoms with Crippen LogP contribution in [0.2, 0.25) is 0 Å². The molecule has 1 aromatic rings. The van der Waals surface area contributed by atoms with E-state index >= 15 is 0 Å². The van der Waals surface area contributed by atoms with Gasteiger partial charge in [0.05, 0.1) is 25.7 Å². The second-order valence-corrected chi connectivity index (χ2v) is 8.79. The summed E-state index contributed by atoms with van der Waals surface area (Å²) in [6.07, 6.45) is 10.9. The predicted octanol–water partition coefficient (Wildman–Crippen LogP) is 6.30. The summed E-state index contributed by atoms with van der Waals surface area (Å²) in [5.41, 5.74) is 1.83. The highest BCUT2D eigenvalue weighted by Gasteiger charge is 2.22. The molecule has 1 aliphatic rings. The summed E-state index contributed by atoms with van der Waals surface area (Å²) in [6, 6.07) is 8.55. The Morgan fingerprint density at radius 1 is 1.07 bits per heavy atom. The molecule has 0 spiro atoms. The lowest BCUT2D eigenvalue weighted by Gasteiger charge is -2.29. The lowest BCUT2D eigenvalue weighted by atomic mass is 9.77. The summed E-state index contributed by atoms with van der Waals surface area (Å²) in [5, 5.41) is 0. The van der Waals surface area contributed by atoms with Gasteiger partial charge in [-0.25, -0.2) is 4.79 Å². The Morgan fingerprint density at radius 3 is 2.37 bits per heavy atom. The van der Waals surface area contributed by atoms with Gasteiger partial charge in [0.1, 0.15) is 5.75 Å². The van der Waals surface area contributed by atoms with E-state index in [1.54, 1.807) is 14.0 Å². The molecule has 1 fully saturated rings. The van der Waals surface area contributed by atoms with Crippen LogP contribution in [0.4, 0.5) is 0 Å². The average Bonchev–Trinajstić information content (AvgIpc) is 2.76. The van der Waals surface area contributed by atoms with Gasteiger partial charge in [-0.3, -0.25) is 0 Å². The van der Waals surface area contributed by atoms with Crippen molar-refractivity contribution >= 4 is 5.97 Å². The topological polar surface area (TPSA) is 44.8 Å². The number of carbonyl (C=O) groups excluding carboxylic acids is 1. The van der Waals surface area contributed by atoms with Gasteiger partial charge in [0.2, 0.25) is 0 Å². The van der Waals surface area contributed by atoms with Crippen LogP contribution >= 0.6 is 0 Å². The third-order valence-electron chi connectivity index (χ3n) is 6.10. The fraction of sp³-hybridized carbons (Fsp3) is 0.654. The van der Waals surface area contributed by atoms with Gasteiger partial charge in [-0.2, -0.15) is 0 Å². The van der Waals surface area contributed by atoms with Crippen molar-refractivity contribution in [3.63, 3.8) is 0 Å². The van der Waals surface area contributed by atoms with Gasteiger partial charge >= 0.3 is 5.97 Å².